The van der Waals surface area contributed by atoms with Gasteiger partial charge in [-0.25, -0.2) is 4.98 Å². The molecule has 1 heterocycles. The first kappa shape index (κ1) is 20.0. The van der Waals surface area contributed by atoms with Gasteiger partial charge in [0.05, 0.1) is 0 Å². The molecule has 1 saturated carbocycles. The van der Waals surface area contributed by atoms with Crippen molar-refractivity contribution in [3.05, 3.63) is 59.8 Å². The minimum Gasteiger partial charge on any atom is -0.468 e. The van der Waals surface area contributed by atoms with Crippen molar-refractivity contribution in [3.63, 3.8) is 0 Å². The van der Waals surface area contributed by atoms with E-state index in [1.807, 2.05) is 18.2 Å². The van der Waals surface area contributed by atoms with Gasteiger partial charge in [0.1, 0.15) is 0 Å². The van der Waals surface area contributed by atoms with Crippen LogP contribution in [0.4, 0.5) is 13.2 Å². The highest BCUT2D eigenvalue weighted by Crippen LogP contribution is 2.47. The summed E-state index contributed by atoms with van der Waals surface area (Å²) in [4.78, 5) is 8.09. The van der Waals surface area contributed by atoms with E-state index < -0.39 is 12.8 Å². The Kier molecular flexibility index (Phi) is 6.06. The number of pyridine rings is 1. The van der Waals surface area contributed by atoms with Crippen LogP contribution in [0.2, 0.25) is 0 Å². The topological polar surface area (TPSA) is 58.5 Å². The molecule has 0 amide bonds. The fraction of sp³-hybridized carbons (Fsp3) is 0.400. The second kappa shape index (κ2) is 8.50. The summed E-state index contributed by atoms with van der Waals surface area (Å²) in [6, 6.07) is 13.7. The quantitative estimate of drug-likeness (QED) is 0.560. The Hall–Kier alpha value is -2.77. The van der Waals surface area contributed by atoms with E-state index in [9.17, 15) is 13.2 Å². The minimum absolute atomic E-state index is 0.0364. The van der Waals surface area contributed by atoms with E-state index in [0.717, 1.165) is 19.4 Å². The summed E-state index contributed by atoms with van der Waals surface area (Å²) in [7, 11) is 1.65. The average Bonchev–Trinajstić information content (AvgIpc) is 3.48. The number of hydrogen-bond acceptors (Lipinski definition) is 3. The third kappa shape index (κ3) is 5.37. The van der Waals surface area contributed by atoms with Gasteiger partial charge >= 0.3 is 6.18 Å². The summed E-state index contributed by atoms with van der Waals surface area (Å²) < 4.78 is 42.0. The fourth-order valence-corrected chi connectivity index (χ4v) is 3.00. The van der Waals surface area contributed by atoms with E-state index in [1.54, 1.807) is 19.2 Å². The van der Waals surface area contributed by atoms with Crippen LogP contribution in [-0.4, -0.2) is 37.3 Å². The zero-order chi connectivity index (χ0) is 20.0. The molecule has 2 N–H and O–H groups in total. The third-order valence-corrected chi connectivity index (χ3v) is 4.73. The van der Waals surface area contributed by atoms with Gasteiger partial charge in [-0.15, -0.1) is 0 Å². The van der Waals surface area contributed by atoms with Gasteiger partial charge in [0.2, 0.25) is 5.88 Å². The van der Waals surface area contributed by atoms with Crippen molar-refractivity contribution in [2.75, 3.05) is 20.2 Å². The first-order chi connectivity index (χ1) is 13.4. The summed E-state index contributed by atoms with van der Waals surface area (Å²) >= 11 is 0. The molecule has 0 unspecified atom stereocenters. The molecule has 0 aliphatic heterocycles. The molecule has 0 atom stereocenters. The van der Waals surface area contributed by atoms with Crippen LogP contribution in [0.5, 0.6) is 5.88 Å². The van der Waals surface area contributed by atoms with Gasteiger partial charge in [-0.1, -0.05) is 36.4 Å². The van der Waals surface area contributed by atoms with Gasteiger partial charge in [0, 0.05) is 37.3 Å². The smallest absolute Gasteiger partial charge is 0.422 e. The lowest BCUT2D eigenvalue weighted by Gasteiger charge is -2.19. The fourth-order valence-electron chi connectivity index (χ4n) is 3.00. The standard InChI is InChI=1S/C20H23F3N4O/c1-24-18(27-13-19(9-10-19)16-7-3-2-4-8-16)26-12-15-6-5-11-25-17(15)28-14-20(21,22)23/h2-8,11H,9-10,12-14H2,1H3,(H2,24,26,27). The van der Waals surface area contributed by atoms with Crippen LogP contribution in [0.3, 0.4) is 0 Å². The van der Waals surface area contributed by atoms with Crippen molar-refractivity contribution in [3.8, 4) is 5.88 Å². The first-order valence-electron chi connectivity index (χ1n) is 9.05. The van der Waals surface area contributed by atoms with Crippen molar-refractivity contribution in [1.29, 1.82) is 0 Å². The normalized spacial score (nSPS) is 15.8. The Bertz CT molecular complexity index is 805. The number of aromatic nitrogens is 1. The van der Waals surface area contributed by atoms with Crippen molar-refractivity contribution in [2.24, 2.45) is 4.99 Å². The van der Waals surface area contributed by atoms with Crippen LogP contribution in [0.25, 0.3) is 0 Å². The number of hydrogen-bond donors (Lipinski definition) is 2. The number of benzene rings is 1. The molecule has 0 bridgehead atoms. The Balaban J connectivity index is 1.55. The maximum absolute atomic E-state index is 12.4. The molecule has 1 fully saturated rings. The van der Waals surface area contributed by atoms with Crippen molar-refractivity contribution in [1.82, 2.24) is 15.6 Å². The van der Waals surface area contributed by atoms with Crippen LogP contribution in [0.1, 0.15) is 24.0 Å². The average molecular weight is 392 g/mol. The monoisotopic (exact) mass is 392 g/mol. The molecule has 1 aromatic carbocycles. The minimum atomic E-state index is -4.41. The molecule has 0 saturated heterocycles. The van der Waals surface area contributed by atoms with Crippen LogP contribution >= 0.6 is 0 Å². The Labute approximate surface area is 162 Å². The molecule has 3 rings (SSSR count). The zero-order valence-electron chi connectivity index (χ0n) is 15.6. The number of aliphatic imine (C=N–C) groups is 1. The number of rotatable bonds is 7. The highest BCUT2D eigenvalue weighted by Gasteiger charge is 2.44. The molecule has 0 radical (unpaired) electrons. The highest BCUT2D eigenvalue weighted by molar-refractivity contribution is 5.79. The van der Waals surface area contributed by atoms with Gasteiger partial charge in [0.25, 0.3) is 0 Å². The molecule has 1 aromatic heterocycles. The lowest BCUT2D eigenvalue weighted by atomic mass is 9.96. The van der Waals surface area contributed by atoms with E-state index in [0.29, 0.717) is 11.5 Å². The maximum atomic E-state index is 12.4. The number of nitrogens with one attached hydrogen (secondary N) is 2. The number of nitrogens with zero attached hydrogens (tertiary/aromatic N) is 2. The second-order valence-electron chi connectivity index (χ2n) is 6.80. The summed E-state index contributed by atoms with van der Waals surface area (Å²) in [5.41, 5.74) is 1.95. The molecule has 8 heteroatoms. The molecular weight excluding hydrogens is 369 g/mol. The summed E-state index contributed by atoms with van der Waals surface area (Å²) in [6.45, 7) is -0.385. The predicted molar refractivity (Wildman–Crippen MR) is 101 cm³/mol. The van der Waals surface area contributed by atoms with Gasteiger partial charge < -0.3 is 15.4 Å². The van der Waals surface area contributed by atoms with E-state index in [4.69, 9.17) is 4.74 Å². The molecule has 1 aliphatic carbocycles. The Morgan fingerprint density at radius 3 is 2.54 bits per heavy atom. The molecule has 150 valence electrons. The molecule has 5 nitrogen and oxygen atoms in total. The predicted octanol–water partition coefficient (Wildman–Crippen LogP) is 3.42. The zero-order valence-corrected chi connectivity index (χ0v) is 15.6. The third-order valence-electron chi connectivity index (χ3n) is 4.73. The van der Waals surface area contributed by atoms with Crippen LogP contribution < -0.4 is 15.4 Å². The molecule has 2 aromatic rings. The summed E-state index contributed by atoms with van der Waals surface area (Å²) in [5.74, 6) is 0.540. The number of guanidine groups is 1. The van der Waals surface area contributed by atoms with Crippen LogP contribution in [-0.2, 0) is 12.0 Å². The summed E-state index contributed by atoms with van der Waals surface area (Å²) in [5, 5.41) is 6.43. The maximum Gasteiger partial charge on any atom is 0.422 e. The molecular formula is C20H23F3N4O. The van der Waals surface area contributed by atoms with E-state index in [-0.39, 0.29) is 17.8 Å². The number of halogens is 3. The van der Waals surface area contributed by atoms with Crippen LogP contribution in [0, 0.1) is 0 Å². The van der Waals surface area contributed by atoms with Crippen molar-refractivity contribution < 1.29 is 17.9 Å². The van der Waals surface area contributed by atoms with E-state index in [2.05, 4.69) is 32.7 Å². The second-order valence-corrected chi connectivity index (χ2v) is 6.80. The Morgan fingerprint density at radius 1 is 1.14 bits per heavy atom. The highest BCUT2D eigenvalue weighted by atomic mass is 19.4. The molecule has 1 aliphatic rings. The van der Waals surface area contributed by atoms with E-state index >= 15 is 0 Å². The van der Waals surface area contributed by atoms with Crippen molar-refractivity contribution in [2.45, 2.75) is 31.0 Å². The molecule has 0 spiro atoms. The SMILES string of the molecule is CN=C(NCc1cccnc1OCC(F)(F)F)NCC1(c2ccccc2)CC1. The lowest BCUT2D eigenvalue weighted by Crippen LogP contribution is -2.41. The number of ether oxygens (including phenoxy) is 1. The van der Waals surface area contributed by atoms with Crippen LogP contribution in [0.15, 0.2) is 53.7 Å². The van der Waals surface area contributed by atoms with E-state index in [1.165, 1.54) is 11.8 Å². The first-order valence-corrected chi connectivity index (χ1v) is 9.05. The Morgan fingerprint density at radius 2 is 1.89 bits per heavy atom. The number of alkyl halides is 3. The van der Waals surface area contributed by atoms with Crippen molar-refractivity contribution >= 4 is 5.96 Å². The van der Waals surface area contributed by atoms with Gasteiger partial charge in [-0.3, -0.25) is 4.99 Å². The van der Waals surface area contributed by atoms with Gasteiger partial charge in [-0.05, 0) is 24.5 Å². The largest absolute Gasteiger partial charge is 0.468 e. The van der Waals surface area contributed by atoms with Gasteiger partial charge in [-0.2, -0.15) is 13.2 Å². The lowest BCUT2D eigenvalue weighted by molar-refractivity contribution is -0.154. The van der Waals surface area contributed by atoms with Gasteiger partial charge in [0.15, 0.2) is 12.6 Å². The summed E-state index contributed by atoms with van der Waals surface area (Å²) in [6.07, 6.45) is -0.785. The molecule has 28 heavy (non-hydrogen) atoms.